The largest absolute Gasteiger partial charge is 0.462 e. The van der Waals surface area contributed by atoms with Gasteiger partial charge in [-0.2, -0.15) is 0 Å². The molecule has 0 amide bonds. The van der Waals surface area contributed by atoms with Crippen molar-refractivity contribution < 1.29 is 28.6 Å². The average Bonchev–Trinajstić information content (AvgIpc) is 3.38. The fourth-order valence-electron chi connectivity index (χ4n) is 7.86. The maximum absolute atomic E-state index is 12.8. The summed E-state index contributed by atoms with van der Waals surface area (Å²) in [6.07, 6.45) is 82.3. The Hall–Kier alpha value is -4.19. The first-order valence-electron chi connectivity index (χ1n) is 29.5. The van der Waals surface area contributed by atoms with Gasteiger partial charge in [0.1, 0.15) is 13.2 Å². The van der Waals surface area contributed by atoms with Crippen LogP contribution in [0, 0.1) is 0 Å². The third kappa shape index (κ3) is 56.7. The third-order valence-corrected chi connectivity index (χ3v) is 12.2. The lowest BCUT2D eigenvalue weighted by molar-refractivity contribution is -0.166. The second kappa shape index (κ2) is 59.4. The summed E-state index contributed by atoms with van der Waals surface area (Å²) in [4.78, 5) is 38.1. The minimum Gasteiger partial charge on any atom is -0.462 e. The molecular formula is C66H108O6. The van der Waals surface area contributed by atoms with Crippen molar-refractivity contribution in [3.63, 3.8) is 0 Å². The van der Waals surface area contributed by atoms with E-state index in [4.69, 9.17) is 14.2 Å². The first-order valence-corrected chi connectivity index (χ1v) is 29.5. The topological polar surface area (TPSA) is 78.9 Å². The summed E-state index contributed by atoms with van der Waals surface area (Å²) in [7, 11) is 0. The highest BCUT2D eigenvalue weighted by atomic mass is 16.6. The number of carbonyl (C=O) groups is 3. The van der Waals surface area contributed by atoms with Crippen LogP contribution in [0.3, 0.4) is 0 Å². The van der Waals surface area contributed by atoms with Crippen molar-refractivity contribution >= 4 is 17.9 Å². The normalized spacial score (nSPS) is 13.0. The molecule has 6 nitrogen and oxygen atoms in total. The van der Waals surface area contributed by atoms with E-state index in [1.54, 1.807) is 6.08 Å². The zero-order valence-electron chi connectivity index (χ0n) is 46.7. The van der Waals surface area contributed by atoms with Crippen molar-refractivity contribution in [2.75, 3.05) is 13.2 Å². The van der Waals surface area contributed by atoms with Crippen LogP contribution < -0.4 is 0 Å². The molecule has 0 fully saturated rings. The predicted octanol–water partition coefficient (Wildman–Crippen LogP) is 20.0. The second-order valence-electron chi connectivity index (χ2n) is 19.2. The molecule has 0 bridgehead atoms. The lowest BCUT2D eigenvalue weighted by Gasteiger charge is -2.18. The van der Waals surface area contributed by atoms with Crippen molar-refractivity contribution in [3.8, 4) is 0 Å². The number of rotatable bonds is 52. The summed E-state index contributed by atoms with van der Waals surface area (Å²) in [5.74, 6) is -1.06. The van der Waals surface area contributed by atoms with Crippen LogP contribution in [0.25, 0.3) is 0 Å². The molecule has 0 radical (unpaired) electrons. The second-order valence-corrected chi connectivity index (χ2v) is 19.2. The van der Waals surface area contributed by atoms with Crippen molar-refractivity contribution in [2.45, 2.75) is 264 Å². The van der Waals surface area contributed by atoms with Gasteiger partial charge >= 0.3 is 17.9 Å². The zero-order valence-corrected chi connectivity index (χ0v) is 46.7. The standard InChI is InChI=1S/C66H108O6/c1-4-7-10-13-16-19-22-25-27-28-29-30-31-32-33-34-35-36-37-38-40-41-44-47-50-53-56-59-65(68)71-62-63(61-70-64(67)58-55-52-49-46-43-24-21-18-15-12-9-6-3)72-66(69)60-57-54-51-48-45-42-39-26-23-20-17-14-11-8-5-2/h7-8,10-11,16-21,25-27,29-30,39,45,48,54,57,63H,4-6,9,12-15,22-24,28,31-38,40-44,46-47,49-53,55-56,58-62H2,1-3H3/b10-7-,11-8-,19-16-,20-17-,21-18-,27-25-,30-29-,39-26-,48-45-,57-54-. The molecule has 0 aliphatic heterocycles. The van der Waals surface area contributed by atoms with E-state index in [0.29, 0.717) is 12.8 Å². The first-order chi connectivity index (χ1) is 35.5. The van der Waals surface area contributed by atoms with Gasteiger partial charge in [0.15, 0.2) is 6.10 Å². The predicted molar refractivity (Wildman–Crippen MR) is 311 cm³/mol. The highest BCUT2D eigenvalue weighted by Gasteiger charge is 2.19. The Labute approximate surface area is 443 Å². The van der Waals surface area contributed by atoms with Crippen LogP contribution in [-0.4, -0.2) is 37.2 Å². The number of hydrogen-bond donors (Lipinski definition) is 0. The van der Waals surface area contributed by atoms with E-state index in [2.05, 4.69) is 130 Å². The van der Waals surface area contributed by atoms with E-state index < -0.39 is 12.1 Å². The monoisotopic (exact) mass is 997 g/mol. The average molecular weight is 998 g/mol. The van der Waals surface area contributed by atoms with Crippen LogP contribution >= 0.6 is 0 Å². The third-order valence-electron chi connectivity index (χ3n) is 12.2. The Morgan fingerprint density at radius 3 is 0.931 bits per heavy atom. The van der Waals surface area contributed by atoms with Crippen molar-refractivity contribution in [2.24, 2.45) is 0 Å². The highest BCUT2D eigenvalue weighted by Crippen LogP contribution is 2.15. The van der Waals surface area contributed by atoms with E-state index in [0.717, 1.165) is 109 Å². The maximum atomic E-state index is 12.8. The Kier molecular flexibility index (Phi) is 55.9. The number of carbonyl (C=O) groups excluding carboxylic acids is 3. The first kappa shape index (κ1) is 67.8. The lowest BCUT2D eigenvalue weighted by Crippen LogP contribution is -2.30. The summed E-state index contributed by atoms with van der Waals surface area (Å²) in [6.45, 7) is 6.30. The minimum atomic E-state index is -0.838. The van der Waals surface area contributed by atoms with E-state index in [-0.39, 0.29) is 31.6 Å². The Morgan fingerprint density at radius 1 is 0.306 bits per heavy atom. The number of allylic oxidation sites excluding steroid dienone is 19. The Bertz CT molecular complexity index is 1520. The van der Waals surface area contributed by atoms with E-state index >= 15 is 0 Å². The number of ether oxygens (including phenoxy) is 3. The van der Waals surface area contributed by atoms with Crippen LogP contribution in [0.5, 0.6) is 0 Å². The highest BCUT2D eigenvalue weighted by molar-refractivity contribution is 5.72. The smallest absolute Gasteiger partial charge is 0.310 e. The molecule has 0 heterocycles. The molecule has 1 atom stereocenters. The van der Waals surface area contributed by atoms with Gasteiger partial charge in [0.25, 0.3) is 0 Å². The summed E-state index contributed by atoms with van der Waals surface area (Å²) < 4.78 is 16.7. The van der Waals surface area contributed by atoms with Gasteiger partial charge in [0.05, 0.1) is 6.42 Å². The van der Waals surface area contributed by atoms with Gasteiger partial charge in [-0.3, -0.25) is 14.4 Å². The molecule has 0 spiro atoms. The fraction of sp³-hybridized carbons (Fsp3) is 0.652. The molecule has 0 aliphatic carbocycles. The molecule has 0 saturated carbocycles. The van der Waals surface area contributed by atoms with Crippen LogP contribution in [0.2, 0.25) is 0 Å². The van der Waals surface area contributed by atoms with Gasteiger partial charge in [-0.25, -0.2) is 0 Å². The van der Waals surface area contributed by atoms with E-state index in [1.165, 1.54) is 109 Å². The van der Waals surface area contributed by atoms with Crippen LogP contribution in [-0.2, 0) is 28.6 Å². The van der Waals surface area contributed by atoms with Crippen molar-refractivity contribution in [3.05, 3.63) is 122 Å². The SMILES string of the molecule is CC/C=C\C/C=C\C/C=C\C/C=C\C/C=C\CC(=O)OC(COC(=O)CCCCCCC/C=C\CCCCC)COC(=O)CCCCCCCCCCCCCCCC/C=C\C/C=C\C/C=C\C/C=C\CC. The number of esters is 3. The van der Waals surface area contributed by atoms with Crippen LogP contribution in [0.15, 0.2) is 122 Å². The summed E-state index contributed by atoms with van der Waals surface area (Å²) in [5, 5.41) is 0. The summed E-state index contributed by atoms with van der Waals surface area (Å²) >= 11 is 0. The molecule has 408 valence electrons. The molecule has 0 aromatic rings. The van der Waals surface area contributed by atoms with Gasteiger partial charge in [0.2, 0.25) is 0 Å². The van der Waals surface area contributed by atoms with E-state index in [1.807, 2.05) is 6.08 Å². The Balaban J connectivity index is 4.33. The summed E-state index contributed by atoms with van der Waals surface area (Å²) in [6, 6.07) is 0. The van der Waals surface area contributed by atoms with Gasteiger partial charge in [0, 0.05) is 12.8 Å². The molecule has 0 aromatic heterocycles. The van der Waals surface area contributed by atoms with Gasteiger partial charge in [-0.05, 0) is 109 Å². The molecule has 1 unspecified atom stereocenters. The molecule has 0 N–H and O–H groups in total. The lowest BCUT2D eigenvalue weighted by atomic mass is 10.0. The summed E-state index contributed by atoms with van der Waals surface area (Å²) in [5.41, 5.74) is 0. The molecule has 0 aromatic carbocycles. The van der Waals surface area contributed by atoms with Crippen molar-refractivity contribution in [1.82, 2.24) is 0 Å². The van der Waals surface area contributed by atoms with Crippen molar-refractivity contribution in [1.29, 1.82) is 0 Å². The molecule has 72 heavy (non-hydrogen) atoms. The zero-order chi connectivity index (χ0) is 52.2. The molecular weight excluding hydrogens is 889 g/mol. The van der Waals surface area contributed by atoms with Gasteiger partial charge in [-0.1, -0.05) is 251 Å². The minimum absolute atomic E-state index is 0.0924. The number of hydrogen-bond acceptors (Lipinski definition) is 6. The number of unbranched alkanes of at least 4 members (excludes halogenated alkanes) is 22. The molecule has 0 saturated heterocycles. The molecule has 6 heteroatoms. The van der Waals surface area contributed by atoms with Gasteiger partial charge < -0.3 is 14.2 Å². The molecule has 0 aliphatic rings. The molecule has 0 rings (SSSR count). The quantitative estimate of drug-likeness (QED) is 0.0261. The maximum Gasteiger partial charge on any atom is 0.310 e. The van der Waals surface area contributed by atoms with Crippen LogP contribution in [0.4, 0.5) is 0 Å². The Morgan fingerprint density at radius 2 is 0.583 bits per heavy atom. The van der Waals surface area contributed by atoms with Gasteiger partial charge in [-0.15, -0.1) is 0 Å². The van der Waals surface area contributed by atoms with E-state index in [9.17, 15) is 14.4 Å². The van der Waals surface area contributed by atoms with Crippen LogP contribution in [0.1, 0.15) is 258 Å². The fourth-order valence-corrected chi connectivity index (χ4v) is 7.86.